The molecule has 0 radical (unpaired) electrons. The molecule has 88 valence electrons. The summed E-state index contributed by atoms with van der Waals surface area (Å²) in [6.07, 6.45) is -2.10. The molecule has 0 aromatic rings. The molecule has 0 unspecified atom stereocenters. The van der Waals surface area contributed by atoms with E-state index in [1.165, 1.54) is 0 Å². The van der Waals surface area contributed by atoms with Gasteiger partial charge in [-0.3, -0.25) is 0 Å². The fourth-order valence-electron chi connectivity index (χ4n) is 1.54. The molecular weight excluding hydrogens is 299 g/mol. The van der Waals surface area contributed by atoms with Crippen LogP contribution in [0.3, 0.4) is 0 Å². The number of hydrogen-bond acceptors (Lipinski definition) is 6. The van der Waals surface area contributed by atoms with E-state index in [-0.39, 0.29) is 20.4 Å². The van der Waals surface area contributed by atoms with E-state index < -0.39 is 24.5 Å². The molecule has 0 bridgehead atoms. The summed E-state index contributed by atoms with van der Waals surface area (Å²) in [5, 5.41) is 20.1. The minimum absolute atomic E-state index is 0. The minimum Gasteiger partial charge on any atom is -0.546 e. The summed E-state index contributed by atoms with van der Waals surface area (Å²) in [6.45, 7) is 0. The van der Waals surface area contributed by atoms with E-state index in [4.69, 9.17) is 0 Å². The van der Waals surface area contributed by atoms with Crippen LogP contribution in [0.5, 0.6) is 0 Å². The summed E-state index contributed by atoms with van der Waals surface area (Å²) in [6, 6.07) is 0. The van der Waals surface area contributed by atoms with Gasteiger partial charge in [-0.1, -0.05) is 0 Å². The van der Waals surface area contributed by atoms with Crippen LogP contribution in [0.4, 0.5) is 9.59 Å². The van der Waals surface area contributed by atoms with Gasteiger partial charge in [0, 0.05) is 12.2 Å². The number of carbonyl (C=O) groups is 2. The second-order valence-corrected chi connectivity index (χ2v) is 3.13. The third-order valence-electron chi connectivity index (χ3n) is 2.15. The van der Waals surface area contributed by atoms with Crippen LogP contribution in [0, 0.1) is 0 Å². The van der Waals surface area contributed by atoms with Crippen molar-refractivity contribution in [3.8, 4) is 0 Å². The Morgan fingerprint density at radius 2 is 1.13 bits per heavy atom. The molecule has 0 N–H and O–H groups in total. The van der Waals surface area contributed by atoms with Crippen LogP contribution >= 0.6 is 0 Å². The van der Waals surface area contributed by atoms with Crippen molar-refractivity contribution >= 4 is 12.3 Å². The average molecular weight is 309 g/mol. The van der Waals surface area contributed by atoms with Crippen LogP contribution in [0.25, 0.3) is 0 Å². The van der Waals surface area contributed by atoms with Gasteiger partial charge in [0.1, 0.15) is 0 Å². The first kappa shape index (κ1) is 14.2. The van der Waals surface area contributed by atoms with Gasteiger partial charge in [-0.2, -0.15) is 0 Å². The molecule has 1 rings (SSSR count). The standard InChI is InChI=1S/C8H12O6.Pd/c9-7(10)13-5-1-2-6(4-3-5)14-8(11)12;/h5-6H,1-4H2,(H,9,10)(H,11,12);/q;+2/p-2. The molecule has 0 saturated heterocycles. The van der Waals surface area contributed by atoms with Crippen LogP contribution in [0.1, 0.15) is 25.7 Å². The summed E-state index contributed by atoms with van der Waals surface area (Å²) < 4.78 is 8.86. The first-order valence-corrected chi connectivity index (χ1v) is 4.33. The van der Waals surface area contributed by atoms with Gasteiger partial charge in [0.05, 0.1) is 0 Å². The SMILES string of the molecule is O=C([O-])OC1CCC(OC(=O)[O-])CC1.[Pd+2]. The monoisotopic (exact) mass is 308 g/mol. The van der Waals surface area contributed by atoms with Crippen molar-refractivity contribution in [1.29, 1.82) is 0 Å². The third-order valence-corrected chi connectivity index (χ3v) is 2.15. The Morgan fingerprint density at radius 1 is 0.867 bits per heavy atom. The van der Waals surface area contributed by atoms with Crippen molar-refractivity contribution in [1.82, 2.24) is 0 Å². The molecule has 0 spiro atoms. The fraction of sp³-hybridized carbons (Fsp3) is 0.750. The second-order valence-electron chi connectivity index (χ2n) is 3.13. The van der Waals surface area contributed by atoms with E-state index in [9.17, 15) is 19.8 Å². The van der Waals surface area contributed by atoms with Crippen LogP contribution in [0.2, 0.25) is 0 Å². The number of ether oxygens (including phenoxy) is 2. The summed E-state index contributed by atoms with van der Waals surface area (Å²) >= 11 is 0. The Balaban J connectivity index is 0.00000196. The third kappa shape index (κ3) is 5.60. The Morgan fingerprint density at radius 3 is 1.33 bits per heavy atom. The molecule has 1 saturated carbocycles. The van der Waals surface area contributed by atoms with Crippen molar-refractivity contribution in [2.24, 2.45) is 0 Å². The van der Waals surface area contributed by atoms with Crippen LogP contribution in [-0.2, 0) is 29.9 Å². The van der Waals surface area contributed by atoms with Gasteiger partial charge in [-0.05, 0) is 25.7 Å². The number of hydrogen-bond donors (Lipinski definition) is 0. The predicted octanol–water partition coefficient (Wildman–Crippen LogP) is -0.985. The molecule has 0 aromatic heterocycles. The van der Waals surface area contributed by atoms with Gasteiger partial charge in [0.2, 0.25) is 0 Å². The topological polar surface area (TPSA) is 98.7 Å². The maximum Gasteiger partial charge on any atom is 2.00 e. The molecule has 15 heavy (non-hydrogen) atoms. The second kappa shape index (κ2) is 6.64. The zero-order chi connectivity index (χ0) is 10.6. The van der Waals surface area contributed by atoms with Crippen LogP contribution in [0.15, 0.2) is 0 Å². The quantitative estimate of drug-likeness (QED) is 0.480. The summed E-state index contributed by atoms with van der Waals surface area (Å²) in [4.78, 5) is 20.1. The average Bonchev–Trinajstić information content (AvgIpc) is 2.06. The fourth-order valence-corrected chi connectivity index (χ4v) is 1.54. The molecule has 1 aliphatic carbocycles. The van der Waals surface area contributed by atoms with Gasteiger partial charge in [0.15, 0.2) is 0 Å². The van der Waals surface area contributed by atoms with Gasteiger partial charge >= 0.3 is 20.4 Å². The Labute approximate surface area is 100 Å². The van der Waals surface area contributed by atoms with Crippen molar-refractivity contribution in [3.63, 3.8) is 0 Å². The largest absolute Gasteiger partial charge is 2.00 e. The first-order valence-electron chi connectivity index (χ1n) is 4.33. The molecule has 1 aliphatic rings. The zero-order valence-electron chi connectivity index (χ0n) is 7.75. The number of carbonyl (C=O) groups excluding carboxylic acids is 2. The molecule has 6 nitrogen and oxygen atoms in total. The molecule has 0 heterocycles. The maximum absolute atomic E-state index is 10.1. The van der Waals surface area contributed by atoms with Crippen LogP contribution in [-0.4, -0.2) is 24.5 Å². The molecule has 1 fully saturated rings. The van der Waals surface area contributed by atoms with Crippen molar-refractivity contribution < 1.29 is 49.7 Å². The summed E-state index contributed by atoms with van der Waals surface area (Å²) in [5.74, 6) is 0. The molecule has 0 amide bonds. The Bertz CT molecular complexity index is 199. The van der Waals surface area contributed by atoms with Gasteiger partial charge in [0.25, 0.3) is 12.3 Å². The van der Waals surface area contributed by atoms with Crippen LogP contribution < -0.4 is 10.2 Å². The first-order chi connectivity index (χ1) is 6.58. The Kier molecular flexibility index (Phi) is 6.29. The van der Waals surface area contributed by atoms with Crippen molar-refractivity contribution in [2.75, 3.05) is 0 Å². The van der Waals surface area contributed by atoms with Gasteiger partial charge in [-0.15, -0.1) is 0 Å². The van der Waals surface area contributed by atoms with Crippen molar-refractivity contribution in [3.05, 3.63) is 0 Å². The predicted molar refractivity (Wildman–Crippen MR) is 39.0 cm³/mol. The summed E-state index contributed by atoms with van der Waals surface area (Å²) in [7, 11) is 0. The molecule has 0 aromatic carbocycles. The summed E-state index contributed by atoms with van der Waals surface area (Å²) in [5.41, 5.74) is 0. The van der Waals surface area contributed by atoms with Gasteiger partial charge < -0.3 is 29.3 Å². The normalized spacial score (nSPS) is 24.8. The van der Waals surface area contributed by atoms with E-state index in [2.05, 4.69) is 9.47 Å². The zero-order valence-corrected chi connectivity index (χ0v) is 9.30. The molecule has 0 aliphatic heterocycles. The van der Waals surface area contributed by atoms with E-state index in [0.717, 1.165) is 0 Å². The van der Waals surface area contributed by atoms with Crippen molar-refractivity contribution in [2.45, 2.75) is 37.9 Å². The minimum atomic E-state index is -1.55. The van der Waals surface area contributed by atoms with E-state index >= 15 is 0 Å². The van der Waals surface area contributed by atoms with E-state index in [1.807, 2.05) is 0 Å². The smallest absolute Gasteiger partial charge is 0.546 e. The van der Waals surface area contributed by atoms with E-state index in [0.29, 0.717) is 25.7 Å². The Hall–Kier alpha value is -0.798. The number of rotatable bonds is 2. The number of carboxylic acid groups (broad SMARTS) is 2. The van der Waals surface area contributed by atoms with E-state index in [1.54, 1.807) is 0 Å². The molecular formula is C8H10O6Pd. The molecule has 7 heteroatoms. The maximum atomic E-state index is 10.1. The molecule has 0 atom stereocenters. The van der Waals surface area contributed by atoms with Gasteiger partial charge in [-0.25, -0.2) is 0 Å².